The molecule has 0 atom stereocenters. The number of sulfone groups is 1. The maximum absolute atomic E-state index is 12.5. The number of anilines is 1. The molecule has 0 radical (unpaired) electrons. The standard InChI is InChI=1S/C13H12BrF2NO6S/c1-22-11(18)6-10(12(19)23-2)17-9-4-3-7(5-8(9)14)24(20,21)13(15)16/h3-6,13,17H,1-2H3/b10-6+. The van der Waals surface area contributed by atoms with Gasteiger partial charge in [-0.2, -0.15) is 8.78 Å². The molecule has 1 rings (SSSR count). The van der Waals surface area contributed by atoms with E-state index in [0.717, 1.165) is 38.5 Å². The average Bonchev–Trinajstić information content (AvgIpc) is 2.54. The van der Waals surface area contributed by atoms with Crippen molar-refractivity contribution in [1.29, 1.82) is 0 Å². The second-order valence-corrected chi connectivity index (χ2v) is 6.92. The summed E-state index contributed by atoms with van der Waals surface area (Å²) in [5.41, 5.74) is -0.154. The number of hydrogen-bond acceptors (Lipinski definition) is 7. The predicted molar refractivity (Wildman–Crippen MR) is 83.1 cm³/mol. The summed E-state index contributed by atoms with van der Waals surface area (Å²) in [5.74, 6) is -5.29. The number of alkyl halides is 2. The van der Waals surface area contributed by atoms with Gasteiger partial charge in [0.1, 0.15) is 5.70 Å². The van der Waals surface area contributed by atoms with Crippen LogP contribution in [-0.2, 0) is 28.9 Å². The van der Waals surface area contributed by atoms with Crippen LogP contribution in [0, 0.1) is 0 Å². The van der Waals surface area contributed by atoms with Crippen molar-refractivity contribution in [3.05, 3.63) is 34.4 Å². The molecule has 0 aromatic heterocycles. The Balaban J connectivity index is 3.21. The zero-order valence-corrected chi connectivity index (χ0v) is 14.8. The topological polar surface area (TPSA) is 98.8 Å². The van der Waals surface area contributed by atoms with Crippen LogP contribution in [0.25, 0.3) is 0 Å². The van der Waals surface area contributed by atoms with Crippen molar-refractivity contribution in [1.82, 2.24) is 0 Å². The van der Waals surface area contributed by atoms with E-state index in [0.29, 0.717) is 0 Å². The summed E-state index contributed by atoms with van der Waals surface area (Å²) >= 11 is 3.00. The van der Waals surface area contributed by atoms with E-state index in [1.54, 1.807) is 0 Å². The Morgan fingerprint density at radius 2 is 1.88 bits per heavy atom. The number of carbonyl (C=O) groups is 2. The summed E-state index contributed by atoms with van der Waals surface area (Å²) in [4.78, 5) is 22.3. The fraction of sp³-hybridized carbons (Fsp3) is 0.231. The maximum Gasteiger partial charge on any atom is 0.354 e. The fourth-order valence-corrected chi connectivity index (χ4v) is 2.83. The number of hydrogen-bond donors (Lipinski definition) is 1. The third kappa shape index (κ3) is 4.74. The van der Waals surface area contributed by atoms with Crippen molar-refractivity contribution in [2.75, 3.05) is 19.5 Å². The lowest BCUT2D eigenvalue weighted by Gasteiger charge is -2.12. The molecule has 0 bridgehead atoms. The zero-order chi connectivity index (χ0) is 18.5. The molecule has 0 aliphatic heterocycles. The molecule has 24 heavy (non-hydrogen) atoms. The molecule has 132 valence electrons. The van der Waals surface area contributed by atoms with E-state index >= 15 is 0 Å². The Kier molecular flexibility index (Phi) is 6.84. The number of carbonyl (C=O) groups excluding carboxylic acids is 2. The monoisotopic (exact) mass is 427 g/mol. The molecule has 11 heteroatoms. The van der Waals surface area contributed by atoms with E-state index in [-0.39, 0.29) is 15.9 Å². The van der Waals surface area contributed by atoms with Crippen LogP contribution in [0.2, 0.25) is 0 Å². The van der Waals surface area contributed by atoms with Gasteiger partial charge in [-0.25, -0.2) is 18.0 Å². The third-order valence-electron chi connectivity index (χ3n) is 2.64. The highest BCUT2D eigenvalue weighted by atomic mass is 79.9. The van der Waals surface area contributed by atoms with Gasteiger partial charge >= 0.3 is 17.7 Å². The highest BCUT2D eigenvalue weighted by Crippen LogP contribution is 2.29. The minimum Gasteiger partial charge on any atom is -0.466 e. The minimum absolute atomic E-state index is 0.0730. The lowest BCUT2D eigenvalue weighted by molar-refractivity contribution is -0.138. The SMILES string of the molecule is COC(=O)/C=C(/Nc1ccc(S(=O)(=O)C(F)F)cc1Br)C(=O)OC. The Hall–Kier alpha value is -2.01. The number of ether oxygens (including phenoxy) is 2. The summed E-state index contributed by atoms with van der Waals surface area (Å²) in [6.07, 6.45) is 0.822. The van der Waals surface area contributed by atoms with Gasteiger partial charge in [-0.3, -0.25) is 0 Å². The smallest absolute Gasteiger partial charge is 0.354 e. The van der Waals surface area contributed by atoms with Crippen molar-refractivity contribution in [3.63, 3.8) is 0 Å². The summed E-state index contributed by atoms with van der Waals surface area (Å²) in [5, 5.41) is 2.53. The van der Waals surface area contributed by atoms with Crippen LogP contribution in [0.4, 0.5) is 14.5 Å². The zero-order valence-electron chi connectivity index (χ0n) is 12.4. The summed E-state index contributed by atoms with van der Waals surface area (Å²) in [6, 6.07) is 3.02. The first-order chi connectivity index (χ1) is 11.1. The normalized spacial score (nSPS) is 12.0. The molecule has 1 aromatic rings. The molecule has 0 fully saturated rings. The molecule has 7 nitrogen and oxygen atoms in total. The highest BCUT2D eigenvalue weighted by molar-refractivity contribution is 9.10. The Morgan fingerprint density at radius 1 is 1.25 bits per heavy atom. The number of esters is 2. The van der Waals surface area contributed by atoms with Crippen LogP contribution >= 0.6 is 15.9 Å². The van der Waals surface area contributed by atoms with E-state index in [4.69, 9.17) is 0 Å². The number of halogens is 3. The van der Waals surface area contributed by atoms with Gasteiger partial charge in [-0.05, 0) is 34.1 Å². The number of rotatable bonds is 6. The van der Waals surface area contributed by atoms with Crippen molar-refractivity contribution < 1.29 is 36.3 Å². The average molecular weight is 428 g/mol. The van der Waals surface area contributed by atoms with E-state index in [2.05, 4.69) is 30.7 Å². The molecule has 0 amide bonds. The van der Waals surface area contributed by atoms with Crippen LogP contribution < -0.4 is 5.32 Å². The Morgan fingerprint density at radius 3 is 2.33 bits per heavy atom. The fourth-order valence-electron chi connectivity index (χ4n) is 1.45. The second-order valence-electron chi connectivity index (χ2n) is 4.15. The summed E-state index contributed by atoms with van der Waals surface area (Å²) < 4.78 is 56.9. The molecule has 0 aliphatic rings. The van der Waals surface area contributed by atoms with Crippen LogP contribution in [-0.4, -0.2) is 40.3 Å². The molecular weight excluding hydrogens is 416 g/mol. The van der Waals surface area contributed by atoms with Gasteiger partial charge in [0.2, 0.25) is 9.84 Å². The molecule has 0 aliphatic carbocycles. The van der Waals surface area contributed by atoms with Crippen LogP contribution in [0.5, 0.6) is 0 Å². The van der Waals surface area contributed by atoms with Crippen LogP contribution in [0.15, 0.2) is 39.3 Å². The van der Waals surface area contributed by atoms with Gasteiger partial charge in [-0.15, -0.1) is 0 Å². The van der Waals surface area contributed by atoms with Gasteiger partial charge in [-0.1, -0.05) is 0 Å². The third-order valence-corrected chi connectivity index (χ3v) is 4.68. The minimum atomic E-state index is -4.76. The largest absolute Gasteiger partial charge is 0.466 e. The van der Waals surface area contributed by atoms with Crippen molar-refractivity contribution in [3.8, 4) is 0 Å². The first kappa shape index (κ1) is 20.0. The molecule has 1 aromatic carbocycles. The first-order valence-corrected chi connectivity index (χ1v) is 8.44. The quantitative estimate of drug-likeness (QED) is 0.547. The maximum atomic E-state index is 12.5. The Bertz CT molecular complexity index is 779. The van der Waals surface area contributed by atoms with Crippen molar-refractivity contribution >= 4 is 43.4 Å². The van der Waals surface area contributed by atoms with Gasteiger partial charge in [0.25, 0.3) is 0 Å². The van der Waals surface area contributed by atoms with Crippen molar-refractivity contribution in [2.24, 2.45) is 0 Å². The lowest BCUT2D eigenvalue weighted by atomic mass is 10.3. The van der Waals surface area contributed by atoms with Crippen molar-refractivity contribution in [2.45, 2.75) is 10.7 Å². The number of nitrogens with one attached hydrogen (secondary N) is 1. The van der Waals surface area contributed by atoms with E-state index in [1.807, 2.05) is 0 Å². The molecule has 0 saturated carbocycles. The van der Waals surface area contributed by atoms with Gasteiger partial charge in [0.15, 0.2) is 0 Å². The van der Waals surface area contributed by atoms with E-state index in [9.17, 15) is 26.8 Å². The molecule has 1 N–H and O–H groups in total. The molecular formula is C13H12BrF2NO6S. The van der Waals surface area contributed by atoms with E-state index < -0.39 is 32.4 Å². The van der Waals surface area contributed by atoms with Crippen LogP contribution in [0.3, 0.4) is 0 Å². The molecule has 0 saturated heterocycles. The van der Waals surface area contributed by atoms with Gasteiger partial charge in [0, 0.05) is 4.47 Å². The predicted octanol–water partition coefficient (Wildman–Crippen LogP) is 2.09. The van der Waals surface area contributed by atoms with E-state index in [1.165, 1.54) is 0 Å². The summed E-state index contributed by atoms with van der Waals surface area (Å²) in [6.45, 7) is 0. The first-order valence-electron chi connectivity index (χ1n) is 6.10. The second kappa shape index (κ2) is 8.20. The number of benzene rings is 1. The molecule has 0 unspecified atom stereocenters. The lowest BCUT2D eigenvalue weighted by Crippen LogP contribution is -2.16. The highest BCUT2D eigenvalue weighted by Gasteiger charge is 2.27. The molecule has 0 heterocycles. The number of methoxy groups -OCH3 is 2. The Labute approximate surface area is 144 Å². The van der Waals surface area contributed by atoms with Crippen LogP contribution in [0.1, 0.15) is 0 Å². The summed E-state index contributed by atoms with van der Waals surface area (Å²) in [7, 11) is -2.57. The molecule has 0 spiro atoms. The van der Waals surface area contributed by atoms with Gasteiger partial charge < -0.3 is 14.8 Å². The van der Waals surface area contributed by atoms with Gasteiger partial charge in [0.05, 0.1) is 30.9 Å².